The standard InChI is InChI=1S/C9H8ClNO2S/c10-5-1-2-6-7(3-5)14-9(13)4-8(12)11-6/h1-3,9,13H,4H2,(H,11,12). The predicted molar refractivity (Wildman–Crippen MR) is 56.6 cm³/mol. The molecule has 1 aromatic carbocycles. The summed E-state index contributed by atoms with van der Waals surface area (Å²) in [7, 11) is 0. The van der Waals surface area contributed by atoms with Gasteiger partial charge in [-0.1, -0.05) is 23.4 Å². The number of hydrogen-bond acceptors (Lipinski definition) is 3. The number of aliphatic hydroxyl groups is 1. The summed E-state index contributed by atoms with van der Waals surface area (Å²) in [5, 5.41) is 12.8. The summed E-state index contributed by atoms with van der Waals surface area (Å²) < 4.78 is 0. The van der Waals surface area contributed by atoms with Gasteiger partial charge in [0.25, 0.3) is 0 Å². The third-order valence-corrected chi connectivity index (χ3v) is 3.11. The Morgan fingerprint density at radius 2 is 2.36 bits per heavy atom. The number of amides is 1. The lowest BCUT2D eigenvalue weighted by atomic mass is 10.3. The first-order valence-corrected chi connectivity index (χ1v) is 5.35. The number of aliphatic hydroxyl groups excluding tert-OH is 1. The second-order valence-corrected chi connectivity index (χ2v) is 4.62. The van der Waals surface area contributed by atoms with E-state index < -0.39 is 5.44 Å². The first-order chi connectivity index (χ1) is 6.65. The first-order valence-electron chi connectivity index (χ1n) is 4.09. The van der Waals surface area contributed by atoms with Gasteiger partial charge in [-0.25, -0.2) is 0 Å². The molecule has 0 fully saturated rings. The van der Waals surface area contributed by atoms with Crippen LogP contribution in [0, 0.1) is 0 Å². The molecule has 0 aromatic heterocycles. The van der Waals surface area contributed by atoms with Gasteiger partial charge in [0.05, 0.1) is 12.1 Å². The van der Waals surface area contributed by atoms with Gasteiger partial charge in [0.15, 0.2) is 0 Å². The zero-order valence-electron chi connectivity index (χ0n) is 7.16. The summed E-state index contributed by atoms with van der Waals surface area (Å²) in [4.78, 5) is 12.0. The molecule has 1 amide bonds. The normalized spacial score (nSPS) is 21.0. The highest BCUT2D eigenvalue weighted by atomic mass is 35.5. The van der Waals surface area contributed by atoms with E-state index in [1.165, 1.54) is 11.8 Å². The molecule has 2 N–H and O–H groups in total. The second kappa shape index (κ2) is 3.81. The smallest absolute Gasteiger partial charge is 0.227 e. The van der Waals surface area contributed by atoms with Crippen LogP contribution in [0.3, 0.4) is 0 Å². The quantitative estimate of drug-likeness (QED) is 0.716. The van der Waals surface area contributed by atoms with E-state index in [9.17, 15) is 9.90 Å². The van der Waals surface area contributed by atoms with Crippen molar-refractivity contribution in [2.24, 2.45) is 0 Å². The molecular weight excluding hydrogens is 222 g/mol. The fourth-order valence-corrected chi connectivity index (χ4v) is 2.45. The molecule has 1 aliphatic rings. The largest absolute Gasteiger partial charge is 0.382 e. The van der Waals surface area contributed by atoms with Gasteiger partial charge in [-0.15, -0.1) is 0 Å². The molecule has 0 aliphatic carbocycles. The fraction of sp³-hybridized carbons (Fsp3) is 0.222. The zero-order valence-corrected chi connectivity index (χ0v) is 8.73. The summed E-state index contributed by atoms with van der Waals surface area (Å²) in [6.45, 7) is 0. The van der Waals surface area contributed by atoms with Crippen molar-refractivity contribution in [3.63, 3.8) is 0 Å². The van der Waals surface area contributed by atoms with Crippen LogP contribution in [-0.2, 0) is 4.79 Å². The molecule has 74 valence electrons. The highest BCUT2D eigenvalue weighted by Crippen LogP contribution is 2.35. The van der Waals surface area contributed by atoms with Crippen LogP contribution in [0.5, 0.6) is 0 Å². The van der Waals surface area contributed by atoms with Crippen LogP contribution in [-0.4, -0.2) is 16.4 Å². The van der Waals surface area contributed by atoms with Gasteiger partial charge >= 0.3 is 0 Å². The lowest BCUT2D eigenvalue weighted by Gasteiger charge is -2.06. The van der Waals surface area contributed by atoms with E-state index in [1.54, 1.807) is 18.2 Å². The van der Waals surface area contributed by atoms with Crippen molar-refractivity contribution < 1.29 is 9.90 Å². The van der Waals surface area contributed by atoms with E-state index >= 15 is 0 Å². The number of carbonyl (C=O) groups is 1. The SMILES string of the molecule is O=C1CC(O)Sc2cc(Cl)ccc2N1. The molecule has 0 radical (unpaired) electrons. The molecule has 0 spiro atoms. The lowest BCUT2D eigenvalue weighted by molar-refractivity contribution is -0.117. The van der Waals surface area contributed by atoms with Crippen LogP contribution in [0.4, 0.5) is 5.69 Å². The summed E-state index contributed by atoms with van der Waals surface area (Å²) >= 11 is 7.04. The minimum Gasteiger partial charge on any atom is -0.382 e. The third-order valence-electron chi connectivity index (χ3n) is 1.84. The molecule has 3 nitrogen and oxygen atoms in total. The number of fused-ring (bicyclic) bond motifs is 1. The molecule has 1 aromatic rings. The highest BCUT2D eigenvalue weighted by Gasteiger charge is 2.19. The van der Waals surface area contributed by atoms with Gasteiger partial charge in [0.1, 0.15) is 5.44 Å². The average Bonchev–Trinajstić information content (AvgIpc) is 2.21. The van der Waals surface area contributed by atoms with E-state index in [0.29, 0.717) is 10.7 Å². The van der Waals surface area contributed by atoms with E-state index in [-0.39, 0.29) is 12.3 Å². The number of benzene rings is 1. The summed E-state index contributed by atoms with van der Waals surface area (Å²) in [5.74, 6) is -0.175. The number of halogens is 1. The fourth-order valence-electron chi connectivity index (χ4n) is 1.25. The van der Waals surface area contributed by atoms with E-state index in [0.717, 1.165) is 4.90 Å². The minimum atomic E-state index is -0.699. The van der Waals surface area contributed by atoms with Crippen LogP contribution in [0.2, 0.25) is 5.02 Å². The number of rotatable bonds is 0. The average molecular weight is 230 g/mol. The molecule has 5 heteroatoms. The second-order valence-electron chi connectivity index (χ2n) is 2.97. The number of hydrogen-bond donors (Lipinski definition) is 2. The Hall–Kier alpha value is -0.710. The molecule has 14 heavy (non-hydrogen) atoms. The maximum Gasteiger partial charge on any atom is 0.227 e. The molecular formula is C9H8ClNO2S. The Balaban J connectivity index is 2.41. The third kappa shape index (κ3) is 2.03. The van der Waals surface area contributed by atoms with Crippen molar-refractivity contribution in [2.45, 2.75) is 16.8 Å². The molecule has 0 saturated heterocycles. The van der Waals surface area contributed by atoms with Gasteiger partial charge in [0, 0.05) is 9.92 Å². The Labute approximate surface area is 90.5 Å². The molecule has 0 saturated carbocycles. The molecule has 2 rings (SSSR count). The summed E-state index contributed by atoms with van der Waals surface area (Å²) in [5.41, 5.74) is 0.00988. The Morgan fingerprint density at radius 1 is 1.57 bits per heavy atom. The minimum absolute atomic E-state index is 0.108. The maximum absolute atomic E-state index is 11.2. The van der Waals surface area contributed by atoms with Crippen LogP contribution in [0.1, 0.15) is 6.42 Å². The van der Waals surface area contributed by atoms with Crippen LogP contribution in [0.25, 0.3) is 0 Å². The van der Waals surface area contributed by atoms with E-state index in [4.69, 9.17) is 11.6 Å². The number of nitrogens with one attached hydrogen (secondary N) is 1. The van der Waals surface area contributed by atoms with Crippen molar-refractivity contribution in [1.29, 1.82) is 0 Å². The van der Waals surface area contributed by atoms with Crippen LogP contribution >= 0.6 is 23.4 Å². The molecule has 0 bridgehead atoms. The topological polar surface area (TPSA) is 49.3 Å². The van der Waals surface area contributed by atoms with Gasteiger partial charge in [-0.05, 0) is 18.2 Å². The highest BCUT2D eigenvalue weighted by molar-refractivity contribution is 8.00. The lowest BCUT2D eigenvalue weighted by Crippen LogP contribution is -2.14. The number of carbonyl (C=O) groups excluding carboxylic acids is 1. The molecule has 1 aliphatic heterocycles. The summed E-state index contributed by atoms with van der Waals surface area (Å²) in [6, 6.07) is 5.18. The zero-order chi connectivity index (χ0) is 10.1. The Bertz CT molecular complexity index is 383. The van der Waals surface area contributed by atoms with Gasteiger partial charge in [-0.3, -0.25) is 4.79 Å². The van der Waals surface area contributed by atoms with E-state index in [1.807, 2.05) is 0 Å². The van der Waals surface area contributed by atoms with Crippen molar-refractivity contribution in [3.8, 4) is 0 Å². The number of thioether (sulfide) groups is 1. The first kappa shape index (κ1) is 9.83. The Kier molecular flexibility index (Phi) is 2.67. The molecule has 1 atom stereocenters. The van der Waals surface area contributed by atoms with Crippen LogP contribution < -0.4 is 5.32 Å². The molecule has 1 heterocycles. The van der Waals surface area contributed by atoms with Crippen molar-refractivity contribution in [1.82, 2.24) is 0 Å². The van der Waals surface area contributed by atoms with E-state index in [2.05, 4.69) is 5.32 Å². The van der Waals surface area contributed by atoms with Crippen LogP contribution in [0.15, 0.2) is 23.1 Å². The molecule has 1 unspecified atom stereocenters. The summed E-state index contributed by atoms with van der Waals surface area (Å²) in [6.07, 6.45) is 0.108. The van der Waals surface area contributed by atoms with Gasteiger partial charge < -0.3 is 10.4 Å². The number of anilines is 1. The van der Waals surface area contributed by atoms with Crippen molar-refractivity contribution >= 4 is 35.0 Å². The maximum atomic E-state index is 11.2. The van der Waals surface area contributed by atoms with Gasteiger partial charge in [-0.2, -0.15) is 0 Å². The van der Waals surface area contributed by atoms with Gasteiger partial charge in [0.2, 0.25) is 5.91 Å². The van der Waals surface area contributed by atoms with Crippen molar-refractivity contribution in [3.05, 3.63) is 23.2 Å². The van der Waals surface area contributed by atoms with Crippen molar-refractivity contribution in [2.75, 3.05) is 5.32 Å². The monoisotopic (exact) mass is 229 g/mol. The Morgan fingerprint density at radius 3 is 3.14 bits per heavy atom. The predicted octanol–water partition coefficient (Wildman–Crippen LogP) is 2.09.